The number of aryl methyl sites for hydroxylation is 1. The number of aromatic nitrogens is 2. The van der Waals surface area contributed by atoms with Crippen molar-refractivity contribution in [1.82, 2.24) is 20.0 Å². The van der Waals surface area contributed by atoms with Crippen LogP contribution in [0, 0.1) is 0 Å². The van der Waals surface area contributed by atoms with E-state index in [0.717, 1.165) is 30.5 Å². The molecule has 6 nitrogen and oxygen atoms in total. The van der Waals surface area contributed by atoms with Crippen molar-refractivity contribution in [2.75, 3.05) is 14.1 Å². The highest BCUT2D eigenvalue weighted by molar-refractivity contribution is 5.94. The molecule has 2 amide bonds. The standard InChI is InChI=1S/C18H22N4O2/c1-21(2)16(23)12-22-11-14-9-6-10-15(17(14)20-22)19-18(24)13-7-4-3-5-8-13/h3-5,7-8,11,15H,6,9-10,12H2,1-2H3,(H,19,24)/t15-/m0/s1. The topological polar surface area (TPSA) is 67.2 Å². The van der Waals surface area contributed by atoms with Gasteiger partial charge in [-0.25, -0.2) is 0 Å². The predicted octanol–water partition coefficient (Wildman–Crippen LogP) is 1.78. The molecule has 24 heavy (non-hydrogen) atoms. The molecule has 0 bridgehead atoms. The maximum atomic E-state index is 12.4. The van der Waals surface area contributed by atoms with Crippen molar-refractivity contribution < 1.29 is 9.59 Å². The van der Waals surface area contributed by atoms with Gasteiger partial charge in [0.15, 0.2) is 0 Å². The Kier molecular flexibility index (Phi) is 4.64. The van der Waals surface area contributed by atoms with E-state index in [2.05, 4.69) is 10.4 Å². The molecule has 0 radical (unpaired) electrons. The van der Waals surface area contributed by atoms with E-state index >= 15 is 0 Å². The van der Waals surface area contributed by atoms with E-state index in [1.807, 2.05) is 24.4 Å². The number of likely N-dealkylation sites (N-methyl/N-ethyl adjacent to an activating group) is 1. The molecule has 0 fully saturated rings. The molecule has 0 saturated carbocycles. The maximum Gasteiger partial charge on any atom is 0.251 e. The van der Waals surface area contributed by atoms with Crippen molar-refractivity contribution in [3.05, 3.63) is 53.3 Å². The third-order valence-electron chi connectivity index (χ3n) is 4.28. The lowest BCUT2D eigenvalue weighted by molar-refractivity contribution is -0.129. The zero-order valence-electron chi connectivity index (χ0n) is 14.0. The average Bonchev–Trinajstić information content (AvgIpc) is 2.99. The Labute approximate surface area is 141 Å². The number of amides is 2. The van der Waals surface area contributed by atoms with Crippen LogP contribution in [0.3, 0.4) is 0 Å². The summed E-state index contributed by atoms with van der Waals surface area (Å²) in [6.45, 7) is 0.222. The third kappa shape index (κ3) is 3.48. The highest BCUT2D eigenvalue weighted by Gasteiger charge is 2.26. The van der Waals surface area contributed by atoms with Crippen LogP contribution < -0.4 is 5.32 Å². The number of hydrogen-bond acceptors (Lipinski definition) is 3. The fourth-order valence-electron chi connectivity index (χ4n) is 2.93. The Morgan fingerprint density at radius 1 is 1.29 bits per heavy atom. The Morgan fingerprint density at radius 2 is 2.04 bits per heavy atom. The number of benzene rings is 1. The van der Waals surface area contributed by atoms with Gasteiger partial charge >= 0.3 is 0 Å². The second-order valence-electron chi connectivity index (χ2n) is 6.31. The molecular formula is C18H22N4O2. The van der Waals surface area contributed by atoms with Crippen molar-refractivity contribution in [3.63, 3.8) is 0 Å². The van der Waals surface area contributed by atoms with Crippen LogP contribution in [0.25, 0.3) is 0 Å². The molecule has 2 aromatic rings. The van der Waals surface area contributed by atoms with Gasteiger partial charge in [-0.1, -0.05) is 18.2 Å². The van der Waals surface area contributed by atoms with E-state index in [-0.39, 0.29) is 24.4 Å². The van der Waals surface area contributed by atoms with Crippen LogP contribution in [0.1, 0.15) is 40.5 Å². The Balaban J connectivity index is 1.75. The molecule has 1 aliphatic rings. The molecule has 1 atom stereocenters. The molecule has 0 unspecified atom stereocenters. The highest BCUT2D eigenvalue weighted by Crippen LogP contribution is 2.28. The van der Waals surface area contributed by atoms with Gasteiger partial charge in [0, 0.05) is 25.9 Å². The van der Waals surface area contributed by atoms with Crippen molar-refractivity contribution in [2.24, 2.45) is 0 Å². The SMILES string of the molecule is CN(C)C(=O)Cn1cc2c(n1)[C@@H](NC(=O)c1ccccc1)CCC2. The van der Waals surface area contributed by atoms with Crippen LogP contribution in [0.15, 0.2) is 36.5 Å². The normalized spacial score (nSPS) is 16.3. The Morgan fingerprint density at radius 3 is 2.75 bits per heavy atom. The van der Waals surface area contributed by atoms with Gasteiger partial charge in [0.05, 0.1) is 11.7 Å². The summed E-state index contributed by atoms with van der Waals surface area (Å²) >= 11 is 0. The van der Waals surface area contributed by atoms with Crippen LogP contribution in [-0.2, 0) is 17.8 Å². The fourth-order valence-corrected chi connectivity index (χ4v) is 2.93. The fraction of sp³-hybridized carbons (Fsp3) is 0.389. The van der Waals surface area contributed by atoms with Crippen LogP contribution in [0.2, 0.25) is 0 Å². The van der Waals surface area contributed by atoms with E-state index < -0.39 is 0 Å². The van der Waals surface area contributed by atoms with Gasteiger partial charge in [-0.2, -0.15) is 5.10 Å². The summed E-state index contributed by atoms with van der Waals surface area (Å²) in [6.07, 6.45) is 4.73. The summed E-state index contributed by atoms with van der Waals surface area (Å²) in [5.41, 5.74) is 2.65. The molecule has 0 aliphatic heterocycles. The minimum atomic E-state index is -0.0998. The zero-order valence-corrected chi connectivity index (χ0v) is 14.0. The predicted molar refractivity (Wildman–Crippen MR) is 90.5 cm³/mol. The number of nitrogens with one attached hydrogen (secondary N) is 1. The number of nitrogens with zero attached hydrogens (tertiary/aromatic N) is 3. The highest BCUT2D eigenvalue weighted by atomic mass is 16.2. The van der Waals surface area contributed by atoms with E-state index in [1.54, 1.807) is 35.8 Å². The smallest absolute Gasteiger partial charge is 0.251 e. The van der Waals surface area contributed by atoms with Crippen molar-refractivity contribution in [2.45, 2.75) is 31.8 Å². The number of carbonyl (C=O) groups excluding carboxylic acids is 2. The molecule has 126 valence electrons. The Hall–Kier alpha value is -2.63. The molecular weight excluding hydrogens is 304 g/mol. The van der Waals surface area contributed by atoms with E-state index in [4.69, 9.17) is 0 Å². The quantitative estimate of drug-likeness (QED) is 0.931. The lowest BCUT2D eigenvalue weighted by atomic mass is 9.93. The van der Waals surface area contributed by atoms with Crippen molar-refractivity contribution >= 4 is 11.8 Å². The lowest BCUT2D eigenvalue weighted by Crippen LogP contribution is -2.31. The third-order valence-corrected chi connectivity index (χ3v) is 4.28. The second kappa shape index (κ2) is 6.86. The first-order chi connectivity index (χ1) is 11.5. The largest absolute Gasteiger partial charge is 0.347 e. The van der Waals surface area contributed by atoms with Crippen molar-refractivity contribution in [3.8, 4) is 0 Å². The minimum absolute atomic E-state index is 0.000261. The van der Waals surface area contributed by atoms with Crippen LogP contribution in [-0.4, -0.2) is 40.6 Å². The molecule has 0 spiro atoms. The van der Waals surface area contributed by atoms with Gasteiger partial charge in [0.2, 0.25) is 5.91 Å². The van der Waals surface area contributed by atoms with E-state index in [9.17, 15) is 9.59 Å². The number of rotatable bonds is 4. The molecule has 1 aromatic heterocycles. The monoisotopic (exact) mass is 326 g/mol. The molecule has 1 heterocycles. The maximum absolute atomic E-state index is 12.4. The first-order valence-corrected chi connectivity index (χ1v) is 8.17. The van der Waals surface area contributed by atoms with Crippen LogP contribution in [0.4, 0.5) is 0 Å². The van der Waals surface area contributed by atoms with Gasteiger partial charge < -0.3 is 10.2 Å². The van der Waals surface area contributed by atoms with Gasteiger partial charge in [0.1, 0.15) is 6.54 Å². The van der Waals surface area contributed by atoms with Crippen LogP contribution >= 0.6 is 0 Å². The summed E-state index contributed by atoms with van der Waals surface area (Å²) in [7, 11) is 3.46. The average molecular weight is 326 g/mol. The van der Waals surface area contributed by atoms with Gasteiger partial charge in [0.25, 0.3) is 5.91 Å². The first kappa shape index (κ1) is 16.2. The lowest BCUT2D eigenvalue weighted by Gasteiger charge is -2.22. The van der Waals surface area contributed by atoms with E-state index in [1.165, 1.54) is 0 Å². The number of fused-ring (bicyclic) bond motifs is 1. The summed E-state index contributed by atoms with van der Waals surface area (Å²) in [5, 5.41) is 7.63. The number of hydrogen-bond donors (Lipinski definition) is 1. The summed E-state index contributed by atoms with van der Waals surface area (Å²) < 4.78 is 1.68. The van der Waals surface area contributed by atoms with Crippen LogP contribution in [0.5, 0.6) is 0 Å². The Bertz CT molecular complexity index is 737. The van der Waals surface area contributed by atoms with Crippen molar-refractivity contribution in [1.29, 1.82) is 0 Å². The second-order valence-corrected chi connectivity index (χ2v) is 6.31. The molecule has 1 aromatic carbocycles. The summed E-state index contributed by atoms with van der Waals surface area (Å²) in [4.78, 5) is 25.8. The first-order valence-electron chi connectivity index (χ1n) is 8.17. The molecule has 0 saturated heterocycles. The summed E-state index contributed by atoms with van der Waals surface area (Å²) in [6, 6.07) is 9.09. The molecule has 1 N–H and O–H groups in total. The summed E-state index contributed by atoms with van der Waals surface area (Å²) in [5.74, 6) is -0.0907. The molecule has 3 rings (SSSR count). The van der Waals surface area contributed by atoms with Gasteiger partial charge in [-0.05, 0) is 37.0 Å². The van der Waals surface area contributed by atoms with E-state index in [0.29, 0.717) is 5.56 Å². The molecule has 1 aliphatic carbocycles. The zero-order chi connectivity index (χ0) is 17.1. The van der Waals surface area contributed by atoms with Gasteiger partial charge in [-0.3, -0.25) is 14.3 Å². The minimum Gasteiger partial charge on any atom is -0.347 e. The molecule has 6 heteroatoms. The van der Waals surface area contributed by atoms with Gasteiger partial charge in [-0.15, -0.1) is 0 Å². The number of carbonyl (C=O) groups is 2.